The van der Waals surface area contributed by atoms with E-state index in [1.54, 1.807) is 12.3 Å². The zero-order valence-corrected chi connectivity index (χ0v) is 10.8. The third-order valence-electron chi connectivity index (χ3n) is 2.27. The predicted octanol–water partition coefficient (Wildman–Crippen LogP) is 3.40. The van der Waals surface area contributed by atoms with Crippen LogP contribution in [0.5, 0.6) is 0 Å². The predicted molar refractivity (Wildman–Crippen MR) is 70.9 cm³/mol. The van der Waals surface area contributed by atoms with Crippen molar-refractivity contribution < 1.29 is 14.3 Å². The first-order valence-electron chi connectivity index (χ1n) is 5.84. The molecule has 18 heavy (non-hydrogen) atoms. The average Bonchev–Trinajstić information content (AvgIpc) is 2.37. The van der Waals surface area contributed by atoms with Gasteiger partial charge in [-0.1, -0.05) is 36.9 Å². The van der Waals surface area contributed by atoms with Crippen LogP contribution >= 0.6 is 0 Å². The van der Waals surface area contributed by atoms with Crippen LogP contribution in [-0.4, -0.2) is 12.6 Å². The summed E-state index contributed by atoms with van der Waals surface area (Å²) >= 11 is 0. The molecule has 0 saturated heterocycles. The van der Waals surface area contributed by atoms with Crippen LogP contribution in [0.3, 0.4) is 0 Å². The summed E-state index contributed by atoms with van der Waals surface area (Å²) in [5.74, 6) is -0.338. The molecule has 1 aromatic carbocycles. The fraction of sp³-hybridized carbons (Fsp3) is 0.267. The lowest BCUT2D eigenvalue weighted by Gasteiger charge is -2.17. The van der Waals surface area contributed by atoms with E-state index >= 15 is 0 Å². The second kappa shape index (κ2) is 7.33. The average molecular weight is 246 g/mol. The summed E-state index contributed by atoms with van der Waals surface area (Å²) in [6.45, 7) is 7.78. The van der Waals surface area contributed by atoms with E-state index in [9.17, 15) is 4.79 Å². The molecule has 3 nitrogen and oxygen atoms in total. The monoisotopic (exact) mass is 246 g/mol. The Kier molecular flexibility index (Phi) is 5.71. The molecule has 0 aliphatic rings. The molecular formula is C15H18O3. The molecule has 0 amide bonds. The Hall–Kier alpha value is -2.03. The minimum Gasteiger partial charge on any atom is -0.501 e. The number of carbonyl (C=O) groups is 1. The van der Waals surface area contributed by atoms with Crippen molar-refractivity contribution in [3.05, 3.63) is 60.4 Å². The van der Waals surface area contributed by atoms with E-state index in [1.807, 2.05) is 37.3 Å². The molecule has 0 radical (unpaired) electrons. The van der Waals surface area contributed by atoms with E-state index in [4.69, 9.17) is 9.47 Å². The van der Waals surface area contributed by atoms with Crippen molar-refractivity contribution in [2.45, 2.75) is 20.0 Å². The van der Waals surface area contributed by atoms with E-state index in [2.05, 4.69) is 6.58 Å². The first-order chi connectivity index (χ1) is 8.65. The van der Waals surface area contributed by atoms with Crippen molar-refractivity contribution in [3.8, 4) is 0 Å². The van der Waals surface area contributed by atoms with Gasteiger partial charge in [-0.15, -0.1) is 0 Å². The van der Waals surface area contributed by atoms with Crippen molar-refractivity contribution in [2.75, 3.05) is 6.61 Å². The van der Waals surface area contributed by atoms with Crippen LogP contribution in [0.1, 0.15) is 25.5 Å². The SMILES string of the molecule is C=C(/C=C\OCC)C(OC(C)=O)c1ccccc1. The number of carbonyl (C=O) groups excluding carboxylic acids is 1. The minimum atomic E-state index is -0.472. The lowest BCUT2D eigenvalue weighted by molar-refractivity contribution is -0.144. The molecular weight excluding hydrogens is 228 g/mol. The standard InChI is InChI=1S/C15H18O3/c1-4-17-11-10-12(2)15(18-13(3)16)14-8-6-5-7-9-14/h5-11,15H,2,4H2,1,3H3/b11-10-. The summed E-state index contributed by atoms with van der Waals surface area (Å²) in [6, 6.07) is 9.49. The molecule has 0 aromatic heterocycles. The fourth-order valence-corrected chi connectivity index (χ4v) is 1.47. The van der Waals surface area contributed by atoms with Gasteiger partial charge >= 0.3 is 5.97 Å². The smallest absolute Gasteiger partial charge is 0.303 e. The van der Waals surface area contributed by atoms with Gasteiger partial charge in [0, 0.05) is 6.92 Å². The fourth-order valence-electron chi connectivity index (χ4n) is 1.47. The Morgan fingerprint density at radius 3 is 2.61 bits per heavy atom. The van der Waals surface area contributed by atoms with Gasteiger partial charge < -0.3 is 9.47 Å². The second-order valence-corrected chi connectivity index (χ2v) is 3.73. The molecule has 0 N–H and O–H groups in total. The van der Waals surface area contributed by atoms with Crippen molar-refractivity contribution in [3.63, 3.8) is 0 Å². The Morgan fingerprint density at radius 2 is 2.06 bits per heavy atom. The number of esters is 1. The highest BCUT2D eigenvalue weighted by Crippen LogP contribution is 2.25. The van der Waals surface area contributed by atoms with Gasteiger partial charge in [0.15, 0.2) is 6.10 Å². The Bertz CT molecular complexity index is 421. The highest BCUT2D eigenvalue weighted by molar-refractivity contribution is 5.67. The Balaban J connectivity index is 2.85. The molecule has 0 fully saturated rings. The third-order valence-corrected chi connectivity index (χ3v) is 2.27. The maximum atomic E-state index is 11.1. The molecule has 96 valence electrons. The highest BCUT2D eigenvalue weighted by Gasteiger charge is 2.16. The van der Waals surface area contributed by atoms with Gasteiger partial charge in [-0.2, -0.15) is 0 Å². The van der Waals surface area contributed by atoms with Crippen molar-refractivity contribution in [1.29, 1.82) is 0 Å². The first kappa shape index (κ1) is 14.0. The topological polar surface area (TPSA) is 35.5 Å². The maximum Gasteiger partial charge on any atom is 0.303 e. The maximum absolute atomic E-state index is 11.1. The van der Waals surface area contributed by atoms with Crippen molar-refractivity contribution in [2.24, 2.45) is 0 Å². The number of hydrogen-bond acceptors (Lipinski definition) is 3. The Labute approximate surface area is 108 Å². The zero-order valence-electron chi connectivity index (χ0n) is 10.8. The van der Waals surface area contributed by atoms with Crippen LogP contribution < -0.4 is 0 Å². The lowest BCUT2D eigenvalue weighted by Crippen LogP contribution is -2.09. The molecule has 0 spiro atoms. The number of rotatable bonds is 6. The normalized spacial score (nSPS) is 12.1. The highest BCUT2D eigenvalue weighted by atomic mass is 16.5. The summed E-state index contributed by atoms with van der Waals surface area (Å²) in [7, 11) is 0. The van der Waals surface area contributed by atoms with Gasteiger partial charge in [-0.05, 0) is 24.1 Å². The van der Waals surface area contributed by atoms with Crippen LogP contribution in [0.15, 0.2) is 54.8 Å². The summed E-state index contributed by atoms with van der Waals surface area (Å²) in [5, 5.41) is 0. The number of ether oxygens (including phenoxy) is 2. The van der Waals surface area contributed by atoms with E-state index in [1.165, 1.54) is 6.92 Å². The van der Waals surface area contributed by atoms with Crippen LogP contribution in [0, 0.1) is 0 Å². The minimum absolute atomic E-state index is 0.338. The molecule has 1 aromatic rings. The molecule has 1 unspecified atom stereocenters. The van der Waals surface area contributed by atoms with Crippen LogP contribution in [-0.2, 0) is 14.3 Å². The van der Waals surface area contributed by atoms with Gasteiger partial charge in [-0.3, -0.25) is 4.79 Å². The van der Waals surface area contributed by atoms with Gasteiger partial charge in [0.2, 0.25) is 0 Å². The third kappa shape index (κ3) is 4.45. The lowest BCUT2D eigenvalue weighted by atomic mass is 10.0. The van der Waals surface area contributed by atoms with E-state index in [0.29, 0.717) is 12.2 Å². The van der Waals surface area contributed by atoms with E-state index in [-0.39, 0.29) is 5.97 Å². The van der Waals surface area contributed by atoms with Gasteiger partial charge in [0.25, 0.3) is 0 Å². The van der Waals surface area contributed by atoms with Gasteiger partial charge in [0.1, 0.15) is 0 Å². The zero-order chi connectivity index (χ0) is 13.4. The number of benzene rings is 1. The molecule has 0 saturated carbocycles. The molecule has 0 aliphatic carbocycles. The summed E-state index contributed by atoms with van der Waals surface area (Å²) in [4.78, 5) is 11.1. The largest absolute Gasteiger partial charge is 0.501 e. The van der Waals surface area contributed by atoms with E-state index in [0.717, 1.165) is 5.56 Å². The van der Waals surface area contributed by atoms with E-state index < -0.39 is 6.10 Å². The summed E-state index contributed by atoms with van der Waals surface area (Å²) < 4.78 is 10.4. The molecule has 3 heteroatoms. The van der Waals surface area contributed by atoms with Gasteiger partial charge in [0.05, 0.1) is 12.9 Å². The molecule has 1 atom stereocenters. The van der Waals surface area contributed by atoms with Crippen molar-refractivity contribution >= 4 is 5.97 Å². The quantitative estimate of drug-likeness (QED) is 0.438. The van der Waals surface area contributed by atoms with Crippen LogP contribution in [0.2, 0.25) is 0 Å². The Morgan fingerprint density at radius 1 is 1.39 bits per heavy atom. The molecule has 1 rings (SSSR count). The summed E-state index contributed by atoms with van der Waals surface area (Å²) in [5.41, 5.74) is 1.56. The van der Waals surface area contributed by atoms with Crippen LogP contribution in [0.25, 0.3) is 0 Å². The first-order valence-corrected chi connectivity index (χ1v) is 5.84. The molecule has 0 bridgehead atoms. The number of hydrogen-bond donors (Lipinski definition) is 0. The van der Waals surface area contributed by atoms with Crippen molar-refractivity contribution in [1.82, 2.24) is 0 Å². The van der Waals surface area contributed by atoms with Gasteiger partial charge in [-0.25, -0.2) is 0 Å². The molecule has 0 aliphatic heterocycles. The summed E-state index contributed by atoms with van der Waals surface area (Å²) in [6.07, 6.45) is 2.80. The van der Waals surface area contributed by atoms with Crippen LogP contribution in [0.4, 0.5) is 0 Å². The second-order valence-electron chi connectivity index (χ2n) is 3.73. The molecule has 0 heterocycles.